The SMILES string of the molecule is CCCCCCCCCCCCCCCCCCCCCCCCCCCCCC(=O)OC[C@H](COP(=O)(O)O)OC(=O)CCC. The van der Waals surface area contributed by atoms with Crippen molar-refractivity contribution in [3.05, 3.63) is 0 Å². The van der Waals surface area contributed by atoms with E-state index in [4.69, 9.17) is 19.3 Å². The first-order valence-electron chi connectivity index (χ1n) is 19.3. The fraction of sp³-hybridized carbons (Fsp3) is 0.946. The number of phosphoric ester groups is 1. The van der Waals surface area contributed by atoms with E-state index in [0.717, 1.165) is 19.3 Å². The molecule has 0 amide bonds. The number of hydrogen-bond donors (Lipinski definition) is 2. The van der Waals surface area contributed by atoms with Crippen LogP contribution in [0.25, 0.3) is 0 Å². The maximum absolute atomic E-state index is 12.0. The highest BCUT2D eigenvalue weighted by Crippen LogP contribution is 2.36. The molecular weight excluding hydrogens is 603 g/mol. The van der Waals surface area contributed by atoms with Crippen molar-refractivity contribution in [2.45, 2.75) is 213 Å². The van der Waals surface area contributed by atoms with Crippen LogP contribution in [0.2, 0.25) is 0 Å². The van der Waals surface area contributed by atoms with Crippen LogP contribution in [-0.4, -0.2) is 41.0 Å². The normalized spacial score (nSPS) is 12.3. The van der Waals surface area contributed by atoms with Crippen LogP contribution in [0.1, 0.15) is 206 Å². The molecule has 0 fully saturated rings. The van der Waals surface area contributed by atoms with E-state index in [2.05, 4.69) is 11.4 Å². The number of phosphoric acid groups is 1. The molecule has 0 rings (SSSR count). The van der Waals surface area contributed by atoms with Crippen LogP contribution in [-0.2, 0) is 28.2 Å². The topological polar surface area (TPSA) is 119 Å². The lowest BCUT2D eigenvalue weighted by Gasteiger charge is -2.18. The van der Waals surface area contributed by atoms with Gasteiger partial charge in [-0.3, -0.25) is 14.1 Å². The molecule has 9 heteroatoms. The van der Waals surface area contributed by atoms with Crippen molar-refractivity contribution in [2.75, 3.05) is 13.2 Å². The van der Waals surface area contributed by atoms with Gasteiger partial charge in [0.25, 0.3) is 0 Å². The Morgan fingerprint density at radius 3 is 1.15 bits per heavy atom. The van der Waals surface area contributed by atoms with Crippen LogP contribution in [0.4, 0.5) is 0 Å². The molecule has 0 radical (unpaired) electrons. The third-order valence-electron chi connectivity index (χ3n) is 8.60. The van der Waals surface area contributed by atoms with E-state index in [1.165, 1.54) is 154 Å². The Hall–Kier alpha value is -0.950. The van der Waals surface area contributed by atoms with E-state index < -0.39 is 32.5 Å². The quantitative estimate of drug-likeness (QED) is 0.0382. The first-order valence-corrected chi connectivity index (χ1v) is 20.9. The van der Waals surface area contributed by atoms with Crippen molar-refractivity contribution < 1.29 is 37.9 Å². The molecule has 0 heterocycles. The Morgan fingerprint density at radius 1 is 0.478 bits per heavy atom. The standard InChI is InChI=1S/C37H73O8P/c1-3-5-6-7-8-9-10-11-12-13-14-15-16-17-18-19-20-21-22-23-24-25-26-27-28-29-30-32-36(38)43-33-35(34-44-46(40,41)42)45-37(39)31-4-2/h35H,3-34H2,1-2H3,(H2,40,41,42)/t35-/m1/s1. The number of rotatable bonds is 36. The van der Waals surface area contributed by atoms with Gasteiger partial charge < -0.3 is 19.3 Å². The van der Waals surface area contributed by atoms with Gasteiger partial charge in [-0.05, 0) is 12.8 Å². The van der Waals surface area contributed by atoms with Gasteiger partial charge in [0.05, 0.1) is 6.61 Å². The van der Waals surface area contributed by atoms with Gasteiger partial charge in [0.2, 0.25) is 0 Å². The number of esters is 2. The molecule has 0 spiro atoms. The third-order valence-corrected chi connectivity index (χ3v) is 9.08. The average Bonchev–Trinajstić information content (AvgIpc) is 3.01. The second-order valence-corrected chi connectivity index (χ2v) is 14.5. The van der Waals surface area contributed by atoms with Crippen molar-refractivity contribution in [1.82, 2.24) is 0 Å². The minimum Gasteiger partial charge on any atom is -0.462 e. The molecule has 2 N–H and O–H groups in total. The number of carbonyl (C=O) groups excluding carboxylic acids is 2. The summed E-state index contributed by atoms with van der Waals surface area (Å²) in [5.41, 5.74) is 0. The maximum atomic E-state index is 12.0. The van der Waals surface area contributed by atoms with E-state index in [0.29, 0.717) is 6.42 Å². The van der Waals surface area contributed by atoms with E-state index >= 15 is 0 Å². The largest absolute Gasteiger partial charge is 0.469 e. The predicted molar refractivity (Wildman–Crippen MR) is 189 cm³/mol. The van der Waals surface area contributed by atoms with Gasteiger partial charge in [0.1, 0.15) is 6.61 Å². The zero-order valence-corrected chi connectivity index (χ0v) is 30.9. The lowest BCUT2D eigenvalue weighted by molar-refractivity contribution is -0.161. The van der Waals surface area contributed by atoms with Crippen LogP contribution in [0.15, 0.2) is 0 Å². The van der Waals surface area contributed by atoms with Crippen LogP contribution >= 0.6 is 7.82 Å². The molecule has 8 nitrogen and oxygen atoms in total. The van der Waals surface area contributed by atoms with Gasteiger partial charge >= 0.3 is 19.8 Å². The van der Waals surface area contributed by atoms with Gasteiger partial charge in [-0.2, -0.15) is 0 Å². The Balaban J connectivity index is 3.44. The molecule has 0 saturated carbocycles. The summed E-state index contributed by atoms with van der Waals surface area (Å²) in [6.45, 7) is 3.28. The third kappa shape index (κ3) is 35.9. The summed E-state index contributed by atoms with van der Waals surface area (Å²) in [6, 6.07) is 0. The highest BCUT2D eigenvalue weighted by molar-refractivity contribution is 7.46. The number of carbonyl (C=O) groups is 2. The van der Waals surface area contributed by atoms with Crippen molar-refractivity contribution in [1.29, 1.82) is 0 Å². The molecular formula is C37H73O8P. The summed E-state index contributed by atoms with van der Waals surface area (Å²) in [5, 5.41) is 0. The zero-order valence-electron chi connectivity index (χ0n) is 30.0. The molecule has 0 aliphatic heterocycles. The molecule has 0 aromatic rings. The summed E-state index contributed by atoms with van der Waals surface area (Å²) in [4.78, 5) is 41.5. The molecule has 0 bridgehead atoms. The molecule has 0 saturated heterocycles. The highest BCUT2D eigenvalue weighted by atomic mass is 31.2. The van der Waals surface area contributed by atoms with Crippen LogP contribution in [0.5, 0.6) is 0 Å². The van der Waals surface area contributed by atoms with E-state index in [1.807, 2.05) is 6.92 Å². The molecule has 46 heavy (non-hydrogen) atoms. The van der Waals surface area contributed by atoms with Crippen molar-refractivity contribution >= 4 is 19.8 Å². The minimum atomic E-state index is -4.71. The molecule has 0 aromatic heterocycles. The fourth-order valence-electron chi connectivity index (χ4n) is 5.77. The summed E-state index contributed by atoms with van der Waals surface area (Å²) in [5.74, 6) is -0.934. The Bertz CT molecular complexity index is 726. The molecule has 0 aliphatic carbocycles. The average molecular weight is 677 g/mol. The van der Waals surface area contributed by atoms with Crippen LogP contribution in [0, 0.1) is 0 Å². The number of unbranched alkanes of at least 4 members (excludes halogenated alkanes) is 26. The number of hydrogen-bond acceptors (Lipinski definition) is 6. The molecule has 0 aliphatic rings. The van der Waals surface area contributed by atoms with Crippen LogP contribution < -0.4 is 0 Å². The van der Waals surface area contributed by atoms with E-state index in [1.54, 1.807) is 0 Å². The minimum absolute atomic E-state index is 0.167. The van der Waals surface area contributed by atoms with Crippen molar-refractivity contribution in [3.8, 4) is 0 Å². The van der Waals surface area contributed by atoms with Gasteiger partial charge in [0, 0.05) is 12.8 Å². The molecule has 0 aromatic carbocycles. The van der Waals surface area contributed by atoms with Gasteiger partial charge in [0.15, 0.2) is 6.10 Å². The summed E-state index contributed by atoms with van der Waals surface area (Å²) >= 11 is 0. The first-order chi connectivity index (χ1) is 22.3. The summed E-state index contributed by atoms with van der Waals surface area (Å²) in [6.07, 6.45) is 36.2. The lowest BCUT2D eigenvalue weighted by atomic mass is 10.0. The zero-order chi connectivity index (χ0) is 34.0. The van der Waals surface area contributed by atoms with Gasteiger partial charge in [-0.15, -0.1) is 0 Å². The monoisotopic (exact) mass is 677 g/mol. The van der Waals surface area contributed by atoms with E-state index in [9.17, 15) is 14.2 Å². The van der Waals surface area contributed by atoms with Gasteiger partial charge in [-0.1, -0.05) is 181 Å². The Kier molecular flexibility index (Phi) is 33.2. The highest BCUT2D eigenvalue weighted by Gasteiger charge is 2.22. The summed E-state index contributed by atoms with van der Waals surface area (Å²) < 4.78 is 25.6. The summed E-state index contributed by atoms with van der Waals surface area (Å²) in [7, 11) is -4.71. The Morgan fingerprint density at radius 2 is 0.826 bits per heavy atom. The maximum Gasteiger partial charge on any atom is 0.469 e. The predicted octanol–water partition coefficient (Wildman–Crippen LogP) is 11.3. The number of ether oxygens (including phenoxy) is 2. The van der Waals surface area contributed by atoms with Crippen LogP contribution in [0.3, 0.4) is 0 Å². The van der Waals surface area contributed by atoms with Crippen molar-refractivity contribution in [3.63, 3.8) is 0 Å². The Labute approximate surface area is 283 Å². The van der Waals surface area contributed by atoms with Crippen molar-refractivity contribution in [2.24, 2.45) is 0 Å². The second-order valence-electron chi connectivity index (χ2n) is 13.3. The van der Waals surface area contributed by atoms with Gasteiger partial charge in [-0.25, -0.2) is 4.57 Å². The lowest BCUT2D eigenvalue weighted by Crippen LogP contribution is -2.29. The van der Waals surface area contributed by atoms with E-state index in [-0.39, 0.29) is 19.4 Å². The molecule has 0 unspecified atom stereocenters. The molecule has 1 atom stereocenters. The molecule has 274 valence electrons. The first kappa shape index (κ1) is 45.0. The smallest absolute Gasteiger partial charge is 0.462 e. The second kappa shape index (κ2) is 33.9. The fourth-order valence-corrected chi connectivity index (χ4v) is 6.13.